The molecule has 0 unspecified atom stereocenters. The number of nitrogens with two attached hydrogens (primary N) is 2. The third-order valence-electron chi connectivity index (χ3n) is 1.26. The van der Waals surface area contributed by atoms with Gasteiger partial charge in [0.2, 0.25) is 0 Å². The molecule has 0 radical (unpaired) electrons. The van der Waals surface area contributed by atoms with Crippen LogP contribution in [-0.2, 0) is 0 Å². The van der Waals surface area contributed by atoms with Crippen LogP contribution in [0.5, 0.6) is 0 Å². The van der Waals surface area contributed by atoms with Crippen LogP contribution in [0.1, 0.15) is 11.7 Å². The van der Waals surface area contributed by atoms with Gasteiger partial charge in [0, 0.05) is 5.56 Å². The third-order valence-corrected chi connectivity index (χ3v) is 1.26. The van der Waals surface area contributed by atoms with Crippen molar-refractivity contribution in [2.45, 2.75) is 6.17 Å². The van der Waals surface area contributed by atoms with E-state index in [-0.39, 0.29) is 5.82 Å². The van der Waals surface area contributed by atoms with E-state index < -0.39 is 6.17 Å². The zero-order chi connectivity index (χ0) is 7.56. The average molecular weight is 140 g/mol. The van der Waals surface area contributed by atoms with Crippen molar-refractivity contribution in [1.29, 1.82) is 0 Å². The predicted molar refractivity (Wildman–Crippen MR) is 37.5 cm³/mol. The van der Waals surface area contributed by atoms with Crippen molar-refractivity contribution < 1.29 is 4.39 Å². The zero-order valence-electron chi connectivity index (χ0n) is 5.42. The highest BCUT2D eigenvalue weighted by Gasteiger charge is 2.03. The lowest BCUT2D eigenvalue weighted by Crippen LogP contribution is -2.21. The first-order chi connectivity index (χ1) is 4.72. The maximum absolute atomic E-state index is 12.7. The monoisotopic (exact) mass is 140 g/mol. The van der Waals surface area contributed by atoms with Crippen LogP contribution >= 0.6 is 0 Å². The molecule has 0 aliphatic carbocycles. The van der Waals surface area contributed by atoms with Crippen LogP contribution < -0.4 is 11.5 Å². The minimum atomic E-state index is -0.721. The van der Waals surface area contributed by atoms with Gasteiger partial charge in [-0.1, -0.05) is 18.2 Å². The molecule has 0 atom stereocenters. The van der Waals surface area contributed by atoms with Crippen molar-refractivity contribution >= 4 is 0 Å². The number of rotatable bonds is 1. The quantitative estimate of drug-likeness (QED) is 0.565. The molecule has 0 aliphatic rings. The molecule has 1 rings (SSSR count). The predicted octanol–water partition coefficient (Wildman–Crippen LogP) is 0.742. The highest BCUT2D eigenvalue weighted by atomic mass is 19.1. The second kappa shape index (κ2) is 2.77. The van der Waals surface area contributed by atoms with Crippen LogP contribution in [0.4, 0.5) is 4.39 Å². The molecule has 1 aromatic rings. The Kier molecular flexibility index (Phi) is 1.99. The van der Waals surface area contributed by atoms with Crippen molar-refractivity contribution in [3.05, 3.63) is 35.6 Å². The molecule has 3 heteroatoms. The van der Waals surface area contributed by atoms with E-state index in [1.54, 1.807) is 18.2 Å². The van der Waals surface area contributed by atoms with Gasteiger partial charge >= 0.3 is 0 Å². The standard InChI is InChI=1S/C7H9FN2/c8-6-4-2-1-3-5(6)7(9)10/h1-4,7H,9-10H2. The van der Waals surface area contributed by atoms with Gasteiger partial charge in [0.05, 0.1) is 6.17 Å². The summed E-state index contributed by atoms with van der Waals surface area (Å²) in [7, 11) is 0. The Morgan fingerprint density at radius 1 is 1.20 bits per heavy atom. The van der Waals surface area contributed by atoms with E-state index in [0.717, 1.165) is 0 Å². The van der Waals surface area contributed by atoms with E-state index in [0.29, 0.717) is 5.56 Å². The molecule has 54 valence electrons. The fourth-order valence-electron chi connectivity index (χ4n) is 0.745. The summed E-state index contributed by atoms with van der Waals surface area (Å²) in [5.41, 5.74) is 10.9. The van der Waals surface area contributed by atoms with Gasteiger partial charge in [-0.2, -0.15) is 0 Å². The molecule has 2 nitrogen and oxygen atoms in total. The number of hydrogen-bond acceptors (Lipinski definition) is 2. The average Bonchev–Trinajstić information content (AvgIpc) is 1.88. The second-order valence-electron chi connectivity index (χ2n) is 2.05. The molecule has 10 heavy (non-hydrogen) atoms. The first-order valence-electron chi connectivity index (χ1n) is 2.97. The van der Waals surface area contributed by atoms with Gasteiger partial charge in [0.15, 0.2) is 0 Å². The van der Waals surface area contributed by atoms with Crippen molar-refractivity contribution in [2.75, 3.05) is 0 Å². The summed E-state index contributed by atoms with van der Waals surface area (Å²) in [4.78, 5) is 0. The van der Waals surface area contributed by atoms with Crippen LogP contribution in [0.15, 0.2) is 24.3 Å². The zero-order valence-corrected chi connectivity index (χ0v) is 5.42. The Bertz CT molecular complexity index is 223. The topological polar surface area (TPSA) is 52.0 Å². The lowest BCUT2D eigenvalue weighted by atomic mass is 10.2. The van der Waals surface area contributed by atoms with Gasteiger partial charge in [-0.3, -0.25) is 0 Å². The largest absolute Gasteiger partial charge is 0.312 e. The summed E-state index contributed by atoms with van der Waals surface area (Å²) >= 11 is 0. The molecule has 4 N–H and O–H groups in total. The molecule has 1 aromatic carbocycles. The van der Waals surface area contributed by atoms with Crippen LogP contribution in [0.25, 0.3) is 0 Å². The van der Waals surface area contributed by atoms with Crippen molar-refractivity contribution in [1.82, 2.24) is 0 Å². The van der Waals surface area contributed by atoms with Gasteiger partial charge in [0.1, 0.15) is 5.82 Å². The highest BCUT2D eigenvalue weighted by Crippen LogP contribution is 2.09. The minimum Gasteiger partial charge on any atom is -0.312 e. The van der Waals surface area contributed by atoms with Gasteiger partial charge < -0.3 is 11.5 Å². The molecule has 0 spiro atoms. The Hall–Kier alpha value is -0.930. The van der Waals surface area contributed by atoms with Gasteiger partial charge in [-0.25, -0.2) is 4.39 Å². The normalized spacial score (nSPS) is 10.4. The molecule has 0 heterocycles. The number of halogens is 1. The smallest absolute Gasteiger partial charge is 0.129 e. The van der Waals surface area contributed by atoms with E-state index in [9.17, 15) is 4.39 Å². The van der Waals surface area contributed by atoms with Gasteiger partial charge in [0.25, 0.3) is 0 Å². The van der Waals surface area contributed by atoms with E-state index in [2.05, 4.69) is 0 Å². The van der Waals surface area contributed by atoms with Crippen molar-refractivity contribution in [3.8, 4) is 0 Å². The summed E-state index contributed by atoms with van der Waals surface area (Å²) in [6, 6.07) is 6.20. The fourth-order valence-corrected chi connectivity index (χ4v) is 0.745. The SMILES string of the molecule is NC(N)c1ccccc1F. The molecular formula is C7H9FN2. The molecule has 0 saturated heterocycles. The van der Waals surface area contributed by atoms with Crippen molar-refractivity contribution in [2.24, 2.45) is 11.5 Å². The number of hydrogen-bond donors (Lipinski definition) is 2. The van der Waals surface area contributed by atoms with E-state index in [1.807, 2.05) is 0 Å². The lowest BCUT2D eigenvalue weighted by Gasteiger charge is -2.04. The summed E-state index contributed by atoms with van der Waals surface area (Å²) < 4.78 is 12.7. The maximum atomic E-state index is 12.7. The Labute approximate surface area is 58.6 Å². The Balaban J connectivity index is 3.03. The Morgan fingerprint density at radius 3 is 2.20 bits per heavy atom. The molecule has 0 bridgehead atoms. The molecule has 0 amide bonds. The molecule has 0 saturated carbocycles. The second-order valence-corrected chi connectivity index (χ2v) is 2.05. The Morgan fingerprint density at radius 2 is 1.80 bits per heavy atom. The maximum Gasteiger partial charge on any atom is 0.129 e. The van der Waals surface area contributed by atoms with Crippen LogP contribution in [-0.4, -0.2) is 0 Å². The third kappa shape index (κ3) is 1.32. The van der Waals surface area contributed by atoms with Crippen LogP contribution in [0.2, 0.25) is 0 Å². The van der Waals surface area contributed by atoms with E-state index in [1.165, 1.54) is 6.07 Å². The van der Waals surface area contributed by atoms with Gasteiger partial charge in [-0.05, 0) is 6.07 Å². The van der Waals surface area contributed by atoms with Gasteiger partial charge in [-0.15, -0.1) is 0 Å². The highest BCUT2D eigenvalue weighted by molar-refractivity contribution is 5.19. The fraction of sp³-hybridized carbons (Fsp3) is 0.143. The van der Waals surface area contributed by atoms with Crippen LogP contribution in [0.3, 0.4) is 0 Å². The first-order valence-corrected chi connectivity index (χ1v) is 2.97. The summed E-state index contributed by atoms with van der Waals surface area (Å²) in [6.07, 6.45) is -0.721. The molecule has 0 fully saturated rings. The van der Waals surface area contributed by atoms with Crippen LogP contribution in [0, 0.1) is 5.82 Å². The molecular weight excluding hydrogens is 131 g/mol. The summed E-state index contributed by atoms with van der Waals surface area (Å²) in [5.74, 6) is -0.350. The van der Waals surface area contributed by atoms with E-state index in [4.69, 9.17) is 11.5 Å². The minimum absolute atomic E-state index is 0.350. The molecule has 0 aromatic heterocycles. The first kappa shape index (κ1) is 7.18. The summed E-state index contributed by atoms with van der Waals surface area (Å²) in [6.45, 7) is 0. The van der Waals surface area contributed by atoms with Crippen molar-refractivity contribution in [3.63, 3.8) is 0 Å². The van der Waals surface area contributed by atoms with E-state index >= 15 is 0 Å². The summed E-state index contributed by atoms with van der Waals surface area (Å²) in [5, 5.41) is 0. The lowest BCUT2D eigenvalue weighted by molar-refractivity contribution is 0.588. The molecule has 0 aliphatic heterocycles. The number of benzene rings is 1.